The topological polar surface area (TPSA) is 38.1 Å². The number of hydrogen-bond acceptors (Lipinski definition) is 3. The molecule has 2 atom stereocenters. The summed E-state index contributed by atoms with van der Waals surface area (Å²) in [7, 11) is 0. The summed E-state index contributed by atoms with van der Waals surface area (Å²) in [5.41, 5.74) is 1.16. The normalized spacial score (nSPS) is 23.3. The van der Waals surface area contributed by atoms with E-state index in [9.17, 15) is 0 Å². The molecular formula is C13H22N2O. The highest BCUT2D eigenvalue weighted by atomic mass is 16.4. The van der Waals surface area contributed by atoms with Gasteiger partial charge in [0.25, 0.3) is 0 Å². The summed E-state index contributed by atoms with van der Waals surface area (Å²) in [6.07, 6.45) is 3.55. The number of oxazole rings is 1. The van der Waals surface area contributed by atoms with Crippen LogP contribution in [0.15, 0.2) is 4.42 Å². The first-order valence-corrected chi connectivity index (χ1v) is 6.40. The molecule has 3 heteroatoms. The van der Waals surface area contributed by atoms with Crippen LogP contribution in [0.1, 0.15) is 62.3 Å². The number of aryl methyl sites for hydroxylation is 1. The number of nitrogens with one attached hydrogen (secondary N) is 1. The fourth-order valence-corrected chi connectivity index (χ4v) is 2.32. The smallest absolute Gasteiger partial charge is 0.199 e. The van der Waals surface area contributed by atoms with Crippen molar-refractivity contribution >= 4 is 0 Å². The van der Waals surface area contributed by atoms with Gasteiger partial charge in [0.05, 0.1) is 5.69 Å². The average molecular weight is 222 g/mol. The molecule has 1 aromatic rings. The molecule has 0 amide bonds. The Morgan fingerprint density at radius 2 is 2.38 bits per heavy atom. The van der Waals surface area contributed by atoms with E-state index in [0.29, 0.717) is 11.8 Å². The molecule has 1 fully saturated rings. The SMILES string of the molecule is CCC(C)c1nc(C2CCCNC2)oc1C. The van der Waals surface area contributed by atoms with Crippen molar-refractivity contribution in [3.8, 4) is 0 Å². The predicted molar refractivity (Wildman–Crippen MR) is 64.8 cm³/mol. The summed E-state index contributed by atoms with van der Waals surface area (Å²) in [4.78, 5) is 4.70. The maximum Gasteiger partial charge on any atom is 0.199 e. The Balaban J connectivity index is 2.16. The van der Waals surface area contributed by atoms with E-state index < -0.39 is 0 Å². The maximum absolute atomic E-state index is 5.83. The molecule has 1 aliphatic rings. The van der Waals surface area contributed by atoms with E-state index >= 15 is 0 Å². The Kier molecular flexibility index (Phi) is 3.64. The van der Waals surface area contributed by atoms with Crippen molar-refractivity contribution < 1.29 is 4.42 Å². The summed E-state index contributed by atoms with van der Waals surface area (Å²) in [6, 6.07) is 0. The zero-order valence-corrected chi connectivity index (χ0v) is 10.5. The van der Waals surface area contributed by atoms with Gasteiger partial charge in [-0.2, -0.15) is 0 Å². The fourth-order valence-electron chi connectivity index (χ4n) is 2.32. The van der Waals surface area contributed by atoms with Crippen LogP contribution in [0.25, 0.3) is 0 Å². The van der Waals surface area contributed by atoms with E-state index in [1.54, 1.807) is 0 Å². The monoisotopic (exact) mass is 222 g/mol. The highest BCUT2D eigenvalue weighted by Gasteiger charge is 2.23. The van der Waals surface area contributed by atoms with Crippen LogP contribution < -0.4 is 5.32 Å². The van der Waals surface area contributed by atoms with Crippen molar-refractivity contribution in [2.45, 2.75) is 51.9 Å². The molecule has 2 unspecified atom stereocenters. The van der Waals surface area contributed by atoms with E-state index in [-0.39, 0.29) is 0 Å². The molecule has 0 aliphatic carbocycles. The van der Waals surface area contributed by atoms with Crippen LogP contribution in [0.3, 0.4) is 0 Å². The number of aromatic nitrogens is 1. The molecule has 0 saturated carbocycles. The molecular weight excluding hydrogens is 200 g/mol. The first-order valence-electron chi connectivity index (χ1n) is 6.40. The molecule has 1 N–H and O–H groups in total. The van der Waals surface area contributed by atoms with Crippen molar-refractivity contribution in [3.63, 3.8) is 0 Å². The van der Waals surface area contributed by atoms with E-state index in [2.05, 4.69) is 19.2 Å². The summed E-state index contributed by atoms with van der Waals surface area (Å²) in [5, 5.41) is 3.41. The molecule has 90 valence electrons. The van der Waals surface area contributed by atoms with Gasteiger partial charge < -0.3 is 9.73 Å². The summed E-state index contributed by atoms with van der Waals surface area (Å²) >= 11 is 0. The van der Waals surface area contributed by atoms with Gasteiger partial charge in [-0.05, 0) is 32.7 Å². The Bertz CT molecular complexity index is 340. The minimum atomic E-state index is 0.477. The standard InChI is InChI=1S/C13H22N2O/c1-4-9(2)12-10(3)16-13(15-12)11-6-5-7-14-8-11/h9,11,14H,4-8H2,1-3H3. The summed E-state index contributed by atoms with van der Waals surface area (Å²) < 4.78 is 5.83. The zero-order chi connectivity index (χ0) is 11.5. The molecule has 1 saturated heterocycles. The third-order valence-corrected chi connectivity index (χ3v) is 3.57. The Labute approximate surface area is 97.6 Å². The van der Waals surface area contributed by atoms with Crippen LogP contribution in [-0.4, -0.2) is 18.1 Å². The van der Waals surface area contributed by atoms with Gasteiger partial charge in [0.15, 0.2) is 5.89 Å². The van der Waals surface area contributed by atoms with Crippen LogP contribution in [0.2, 0.25) is 0 Å². The first kappa shape index (κ1) is 11.6. The second-order valence-corrected chi connectivity index (χ2v) is 4.85. The van der Waals surface area contributed by atoms with E-state index in [1.807, 2.05) is 6.92 Å². The number of nitrogens with zero attached hydrogens (tertiary/aromatic N) is 1. The Morgan fingerprint density at radius 1 is 1.56 bits per heavy atom. The Hall–Kier alpha value is -0.830. The van der Waals surface area contributed by atoms with Crippen molar-refractivity contribution in [2.75, 3.05) is 13.1 Å². The maximum atomic E-state index is 5.83. The number of rotatable bonds is 3. The minimum absolute atomic E-state index is 0.477. The molecule has 2 heterocycles. The lowest BCUT2D eigenvalue weighted by Crippen LogP contribution is -2.28. The van der Waals surface area contributed by atoms with Crippen LogP contribution in [0.4, 0.5) is 0 Å². The van der Waals surface area contributed by atoms with Gasteiger partial charge in [0.2, 0.25) is 0 Å². The lowest BCUT2D eigenvalue weighted by molar-refractivity contribution is 0.368. The molecule has 0 radical (unpaired) electrons. The van der Waals surface area contributed by atoms with Crippen molar-refractivity contribution in [3.05, 3.63) is 17.3 Å². The van der Waals surface area contributed by atoms with Crippen LogP contribution >= 0.6 is 0 Å². The van der Waals surface area contributed by atoms with Gasteiger partial charge in [-0.3, -0.25) is 0 Å². The quantitative estimate of drug-likeness (QED) is 0.854. The number of piperidine rings is 1. The van der Waals surface area contributed by atoms with Crippen LogP contribution in [0.5, 0.6) is 0 Å². The zero-order valence-electron chi connectivity index (χ0n) is 10.5. The van der Waals surface area contributed by atoms with Crippen molar-refractivity contribution in [1.82, 2.24) is 10.3 Å². The molecule has 2 rings (SSSR count). The van der Waals surface area contributed by atoms with Gasteiger partial charge in [-0.25, -0.2) is 4.98 Å². The average Bonchev–Trinajstić information content (AvgIpc) is 2.71. The lowest BCUT2D eigenvalue weighted by atomic mass is 9.99. The van der Waals surface area contributed by atoms with Gasteiger partial charge in [-0.1, -0.05) is 13.8 Å². The number of hydrogen-bond donors (Lipinski definition) is 1. The molecule has 1 aromatic heterocycles. The molecule has 0 bridgehead atoms. The largest absolute Gasteiger partial charge is 0.445 e. The highest BCUT2D eigenvalue weighted by Crippen LogP contribution is 2.28. The van der Waals surface area contributed by atoms with E-state index in [0.717, 1.165) is 36.9 Å². The third-order valence-electron chi connectivity index (χ3n) is 3.57. The van der Waals surface area contributed by atoms with E-state index in [1.165, 1.54) is 12.8 Å². The fraction of sp³-hybridized carbons (Fsp3) is 0.769. The van der Waals surface area contributed by atoms with Crippen LogP contribution in [-0.2, 0) is 0 Å². The molecule has 0 aromatic carbocycles. The van der Waals surface area contributed by atoms with E-state index in [4.69, 9.17) is 9.40 Å². The second kappa shape index (κ2) is 5.00. The van der Waals surface area contributed by atoms with Gasteiger partial charge in [0, 0.05) is 18.4 Å². The predicted octanol–water partition coefficient (Wildman–Crippen LogP) is 2.96. The van der Waals surface area contributed by atoms with Crippen molar-refractivity contribution in [2.24, 2.45) is 0 Å². The van der Waals surface area contributed by atoms with Crippen molar-refractivity contribution in [1.29, 1.82) is 0 Å². The van der Waals surface area contributed by atoms with Gasteiger partial charge in [0.1, 0.15) is 5.76 Å². The van der Waals surface area contributed by atoms with Gasteiger partial charge >= 0.3 is 0 Å². The third kappa shape index (κ3) is 2.29. The second-order valence-electron chi connectivity index (χ2n) is 4.85. The lowest BCUT2D eigenvalue weighted by Gasteiger charge is -2.19. The molecule has 0 spiro atoms. The highest BCUT2D eigenvalue weighted by molar-refractivity contribution is 5.15. The Morgan fingerprint density at radius 3 is 3.00 bits per heavy atom. The molecule has 1 aliphatic heterocycles. The van der Waals surface area contributed by atoms with Crippen LogP contribution in [0, 0.1) is 6.92 Å². The molecule has 16 heavy (non-hydrogen) atoms. The minimum Gasteiger partial charge on any atom is -0.445 e. The molecule has 3 nitrogen and oxygen atoms in total. The summed E-state index contributed by atoms with van der Waals surface area (Å²) in [5.74, 6) is 2.94. The summed E-state index contributed by atoms with van der Waals surface area (Å²) in [6.45, 7) is 8.59. The first-order chi connectivity index (χ1) is 7.72. The van der Waals surface area contributed by atoms with Gasteiger partial charge in [-0.15, -0.1) is 0 Å².